The van der Waals surface area contributed by atoms with Gasteiger partial charge >= 0.3 is 6.18 Å². The van der Waals surface area contributed by atoms with Crippen LogP contribution in [0.2, 0.25) is 0 Å². The standard InChI is InChI=1S/C19H22F3N3O3/c1-3-27-13-6-5-12(16(9-13)28-4-2)10-25-8-7-15-14(11-25)17(26)24-18(23-15)19(20,21)22/h5-6,9H,3-4,7-8,10-11H2,1-2H3,(H,23,24,26). The monoisotopic (exact) mass is 397 g/mol. The minimum atomic E-state index is -4.67. The van der Waals surface area contributed by atoms with Crippen molar-refractivity contribution in [1.29, 1.82) is 0 Å². The molecule has 1 aliphatic rings. The van der Waals surface area contributed by atoms with E-state index in [9.17, 15) is 18.0 Å². The third-order valence-corrected chi connectivity index (χ3v) is 4.46. The Morgan fingerprint density at radius 3 is 2.64 bits per heavy atom. The number of fused-ring (bicyclic) bond motifs is 1. The molecule has 9 heteroatoms. The zero-order valence-electron chi connectivity index (χ0n) is 15.7. The van der Waals surface area contributed by atoms with Crippen molar-refractivity contribution in [1.82, 2.24) is 14.9 Å². The Morgan fingerprint density at radius 1 is 1.21 bits per heavy atom. The fraction of sp³-hybridized carbons (Fsp3) is 0.474. The molecule has 1 N–H and O–H groups in total. The van der Waals surface area contributed by atoms with Crippen LogP contribution in [0.5, 0.6) is 11.5 Å². The first kappa shape index (κ1) is 20.2. The van der Waals surface area contributed by atoms with E-state index in [1.54, 1.807) is 0 Å². The summed E-state index contributed by atoms with van der Waals surface area (Å²) in [6.45, 7) is 6.06. The van der Waals surface area contributed by atoms with Gasteiger partial charge in [-0.25, -0.2) is 4.98 Å². The third kappa shape index (κ3) is 4.46. The smallest absolute Gasteiger partial charge is 0.449 e. The van der Waals surface area contributed by atoms with Crippen LogP contribution in [0.25, 0.3) is 0 Å². The van der Waals surface area contributed by atoms with E-state index in [4.69, 9.17) is 9.47 Å². The molecule has 1 aromatic carbocycles. The highest BCUT2D eigenvalue weighted by atomic mass is 19.4. The van der Waals surface area contributed by atoms with Crippen LogP contribution in [0.15, 0.2) is 23.0 Å². The van der Waals surface area contributed by atoms with E-state index in [-0.39, 0.29) is 24.2 Å². The Hall–Kier alpha value is -2.55. The maximum atomic E-state index is 12.8. The third-order valence-electron chi connectivity index (χ3n) is 4.46. The number of nitrogens with zero attached hydrogens (tertiary/aromatic N) is 2. The van der Waals surface area contributed by atoms with Gasteiger partial charge in [-0.15, -0.1) is 0 Å². The molecule has 2 aromatic rings. The molecule has 0 amide bonds. The topological polar surface area (TPSA) is 67.5 Å². The first-order valence-electron chi connectivity index (χ1n) is 9.12. The van der Waals surface area contributed by atoms with Crippen LogP contribution in [0.4, 0.5) is 13.2 Å². The highest BCUT2D eigenvalue weighted by Gasteiger charge is 2.36. The largest absolute Gasteiger partial charge is 0.494 e. The number of hydrogen-bond donors (Lipinski definition) is 1. The average molecular weight is 397 g/mol. The highest BCUT2D eigenvalue weighted by molar-refractivity contribution is 5.41. The van der Waals surface area contributed by atoms with Crippen LogP contribution < -0.4 is 15.0 Å². The number of benzene rings is 1. The number of aromatic nitrogens is 2. The number of rotatable bonds is 6. The molecule has 2 heterocycles. The molecular weight excluding hydrogens is 375 g/mol. The van der Waals surface area contributed by atoms with Gasteiger partial charge in [0, 0.05) is 37.7 Å². The Bertz CT molecular complexity index is 896. The van der Waals surface area contributed by atoms with Gasteiger partial charge in [-0.2, -0.15) is 13.2 Å². The fourth-order valence-corrected chi connectivity index (χ4v) is 3.20. The maximum Gasteiger partial charge on any atom is 0.449 e. The molecule has 1 aliphatic heterocycles. The van der Waals surface area contributed by atoms with Crippen molar-refractivity contribution in [3.05, 3.63) is 51.2 Å². The summed E-state index contributed by atoms with van der Waals surface area (Å²) in [4.78, 5) is 19.6. The van der Waals surface area contributed by atoms with Crippen LogP contribution in [-0.4, -0.2) is 34.6 Å². The lowest BCUT2D eigenvalue weighted by Gasteiger charge is -2.28. The van der Waals surface area contributed by atoms with E-state index in [2.05, 4.69) is 4.98 Å². The van der Waals surface area contributed by atoms with Crippen molar-refractivity contribution in [3.8, 4) is 11.5 Å². The fourth-order valence-electron chi connectivity index (χ4n) is 3.20. The van der Waals surface area contributed by atoms with Gasteiger partial charge in [0.25, 0.3) is 5.56 Å². The Labute approximate surface area is 160 Å². The SMILES string of the molecule is CCOc1ccc(CN2CCc3nc(C(F)(F)F)[nH]c(=O)c3C2)c(OCC)c1. The quantitative estimate of drug-likeness (QED) is 0.811. The van der Waals surface area contributed by atoms with Gasteiger partial charge < -0.3 is 14.5 Å². The van der Waals surface area contributed by atoms with Crippen molar-refractivity contribution < 1.29 is 22.6 Å². The first-order chi connectivity index (χ1) is 13.3. The molecule has 0 bridgehead atoms. The number of aromatic amines is 1. The molecule has 1 aromatic heterocycles. The lowest BCUT2D eigenvalue weighted by molar-refractivity contribution is -0.145. The molecular formula is C19H22F3N3O3. The van der Waals surface area contributed by atoms with Crippen LogP contribution in [-0.2, 0) is 25.7 Å². The zero-order chi connectivity index (χ0) is 20.3. The summed E-state index contributed by atoms with van der Waals surface area (Å²) in [6, 6.07) is 5.58. The molecule has 6 nitrogen and oxygen atoms in total. The molecule has 0 atom stereocenters. The minimum Gasteiger partial charge on any atom is -0.494 e. The van der Waals surface area contributed by atoms with Crippen LogP contribution in [0, 0.1) is 0 Å². The Balaban J connectivity index is 1.81. The predicted octanol–water partition coefficient (Wildman–Crippen LogP) is 3.14. The molecule has 0 unspecified atom stereocenters. The minimum absolute atomic E-state index is 0.212. The maximum absolute atomic E-state index is 12.8. The lowest BCUT2D eigenvalue weighted by atomic mass is 10.1. The molecule has 0 spiro atoms. The van der Waals surface area contributed by atoms with Crippen LogP contribution >= 0.6 is 0 Å². The van der Waals surface area contributed by atoms with Crippen molar-refractivity contribution in [3.63, 3.8) is 0 Å². The summed E-state index contributed by atoms with van der Waals surface area (Å²) in [5, 5.41) is 0. The number of H-pyrrole nitrogens is 1. The van der Waals surface area contributed by atoms with E-state index in [1.807, 2.05) is 41.9 Å². The van der Waals surface area contributed by atoms with Crippen LogP contribution in [0.3, 0.4) is 0 Å². The summed E-state index contributed by atoms with van der Waals surface area (Å²) in [5.41, 5.74) is 0.677. The van der Waals surface area contributed by atoms with E-state index in [0.717, 1.165) is 5.56 Å². The van der Waals surface area contributed by atoms with Gasteiger partial charge in [0.2, 0.25) is 5.82 Å². The van der Waals surface area contributed by atoms with Crippen LogP contribution in [0.1, 0.15) is 36.5 Å². The van der Waals surface area contributed by atoms with Crippen molar-refractivity contribution >= 4 is 0 Å². The second kappa shape index (κ2) is 8.22. The Kier molecular flexibility index (Phi) is 5.93. The number of nitrogens with one attached hydrogen (secondary N) is 1. The molecule has 0 aliphatic carbocycles. The van der Waals surface area contributed by atoms with Crippen molar-refractivity contribution in [2.45, 2.75) is 39.5 Å². The lowest BCUT2D eigenvalue weighted by Crippen LogP contribution is -2.36. The molecule has 28 heavy (non-hydrogen) atoms. The van der Waals surface area contributed by atoms with Gasteiger partial charge in [0.1, 0.15) is 11.5 Å². The van der Waals surface area contributed by atoms with E-state index in [1.165, 1.54) is 0 Å². The average Bonchev–Trinajstić information content (AvgIpc) is 2.64. The second-order valence-electron chi connectivity index (χ2n) is 6.43. The molecule has 0 saturated heterocycles. The predicted molar refractivity (Wildman–Crippen MR) is 96.5 cm³/mol. The van der Waals surface area contributed by atoms with Crippen molar-refractivity contribution in [2.24, 2.45) is 0 Å². The van der Waals surface area contributed by atoms with Gasteiger partial charge in [-0.3, -0.25) is 9.69 Å². The zero-order valence-corrected chi connectivity index (χ0v) is 15.7. The van der Waals surface area contributed by atoms with Crippen molar-refractivity contribution in [2.75, 3.05) is 19.8 Å². The number of alkyl halides is 3. The number of halogens is 3. The van der Waals surface area contributed by atoms with E-state index in [0.29, 0.717) is 37.8 Å². The van der Waals surface area contributed by atoms with Gasteiger partial charge in [-0.05, 0) is 19.9 Å². The summed E-state index contributed by atoms with van der Waals surface area (Å²) in [5.74, 6) is 0.160. The number of hydrogen-bond acceptors (Lipinski definition) is 5. The van der Waals surface area contributed by atoms with E-state index < -0.39 is 17.6 Å². The first-order valence-corrected chi connectivity index (χ1v) is 9.12. The second-order valence-corrected chi connectivity index (χ2v) is 6.43. The Morgan fingerprint density at radius 2 is 1.96 bits per heavy atom. The summed E-state index contributed by atoms with van der Waals surface area (Å²) in [7, 11) is 0. The van der Waals surface area contributed by atoms with Gasteiger partial charge in [0.05, 0.1) is 24.5 Å². The molecule has 0 radical (unpaired) electrons. The summed E-state index contributed by atoms with van der Waals surface area (Å²) < 4.78 is 49.7. The highest BCUT2D eigenvalue weighted by Crippen LogP contribution is 2.29. The number of ether oxygens (including phenoxy) is 2. The molecule has 152 valence electrons. The van der Waals surface area contributed by atoms with Gasteiger partial charge in [0.15, 0.2) is 0 Å². The molecule has 0 saturated carbocycles. The normalized spacial score (nSPS) is 14.6. The van der Waals surface area contributed by atoms with Gasteiger partial charge in [-0.1, -0.05) is 6.07 Å². The molecule has 0 fully saturated rings. The summed E-state index contributed by atoms with van der Waals surface area (Å²) in [6.07, 6.45) is -4.39. The van der Waals surface area contributed by atoms with E-state index >= 15 is 0 Å². The summed E-state index contributed by atoms with van der Waals surface area (Å²) >= 11 is 0. The molecule has 3 rings (SSSR count).